The summed E-state index contributed by atoms with van der Waals surface area (Å²) in [7, 11) is 0. The molecule has 0 saturated heterocycles. The Hall–Kier alpha value is -2.13. The van der Waals surface area contributed by atoms with Gasteiger partial charge in [-0.15, -0.1) is 0 Å². The van der Waals surface area contributed by atoms with Crippen molar-refractivity contribution in [3.05, 3.63) is 59.7 Å². The van der Waals surface area contributed by atoms with Crippen LogP contribution in [-0.4, -0.2) is 24.3 Å². The van der Waals surface area contributed by atoms with Gasteiger partial charge in [0.15, 0.2) is 0 Å². The predicted molar refractivity (Wildman–Crippen MR) is 142 cm³/mol. The lowest BCUT2D eigenvalue weighted by atomic mass is 9.77. The summed E-state index contributed by atoms with van der Waals surface area (Å²) in [5.74, 6) is 1.42. The minimum absolute atomic E-state index is 0.0443. The molecule has 0 bridgehead atoms. The molecular formula is C31H44O3. The smallest absolute Gasteiger partial charge is 0.333 e. The van der Waals surface area contributed by atoms with Gasteiger partial charge in [-0.1, -0.05) is 94.8 Å². The van der Waals surface area contributed by atoms with Gasteiger partial charge in [-0.05, 0) is 66.3 Å². The van der Waals surface area contributed by atoms with E-state index in [9.17, 15) is 9.90 Å². The first-order valence-corrected chi connectivity index (χ1v) is 13.4. The lowest BCUT2D eigenvalue weighted by molar-refractivity contribution is -0.140. The molecular weight excluding hydrogens is 420 g/mol. The van der Waals surface area contributed by atoms with E-state index in [1.165, 1.54) is 73.3 Å². The third-order valence-electron chi connectivity index (χ3n) is 7.72. The van der Waals surface area contributed by atoms with E-state index in [1.54, 1.807) is 6.92 Å². The Morgan fingerprint density at radius 1 is 1.00 bits per heavy atom. The van der Waals surface area contributed by atoms with Crippen LogP contribution in [0.15, 0.2) is 48.6 Å². The van der Waals surface area contributed by atoms with Crippen LogP contribution in [0.3, 0.4) is 0 Å². The molecule has 0 heterocycles. The third kappa shape index (κ3) is 8.27. The van der Waals surface area contributed by atoms with Gasteiger partial charge < -0.3 is 9.84 Å². The molecule has 1 atom stereocenters. The van der Waals surface area contributed by atoms with Crippen LogP contribution in [0.4, 0.5) is 0 Å². The number of aryl methyl sites for hydroxylation is 2. The predicted octanol–water partition coefficient (Wildman–Crippen LogP) is 7.43. The van der Waals surface area contributed by atoms with Gasteiger partial charge in [0.1, 0.15) is 0 Å². The summed E-state index contributed by atoms with van der Waals surface area (Å²) in [6.07, 6.45) is 13.6. The molecule has 0 aliphatic heterocycles. The second-order valence-electron chi connectivity index (χ2n) is 10.5. The molecule has 1 N–H and O–H groups in total. The lowest BCUT2D eigenvalue weighted by Gasteiger charge is -2.28. The molecule has 3 rings (SSSR count). The molecule has 1 unspecified atom stereocenters. The highest BCUT2D eigenvalue weighted by Crippen LogP contribution is 2.34. The van der Waals surface area contributed by atoms with E-state index >= 15 is 0 Å². The minimum Gasteiger partial charge on any atom is -0.462 e. The number of aliphatic hydroxyl groups is 1. The first-order valence-electron chi connectivity index (χ1n) is 13.4. The summed E-state index contributed by atoms with van der Waals surface area (Å²) < 4.78 is 5.20. The highest BCUT2D eigenvalue weighted by atomic mass is 16.5. The summed E-state index contributed by atoms with van der Waals surface area (Å²) in [5.41, 5.74) is 3.30. The Morgan fingerprint density at radius 2 is 1.62 bits per heavy atom. The van der Waals surface area contributed by atoms with Crippen molar-refractivity contribution in [2.24, 2.45) is 17.8 Å². The summed E-state index contributed by atoms with van der Waals surface area (Å²) in [6.45, 7) is 7.83. The number of esters is 1. The monoisotopic (exact) mass is 464 g/mol. The maximum atomic E-state index is 11.5. The standard InChI is InChI=1S/C31H44O3/c1-4-24-15-17-30-20-27(16-18-29(30)19-24)14-13-26-11-9-25(10-12-26)7-5-6-8-28(21-32)22-34-31(33)23(2)3/h15-20,25-26,28,32H,2,4-14,21-22H2,1,3H3. The molecule has 0 aromatic heterocycles. The molecule has 1 aliphatic rings. The van der Waals surface area contributed by atoms with Crippen LogP contribution >= 0.6 is 0 Å². The lowest BCUT2D eigenvalue weighted by Crippen LogP contribution is -2.18. The van der Waals surface area contributed by atoms with E-state index in [-0.39, 0.29) is 18.5 Å². The average Bonchev–Trinajstić information content (AvgIpc) is 2.87. The van der Waals surface area contributed by atoms with E-state index < -0.39 is 0 Å². The van der Waals surface area contributed by atoms with Gasteiger partial charge in [-0.2, -0.15) is 0 Å². The van der Waals surface area contributed by atoms with Gasteiger partial charge in [-0.3, -0.25) is 0 Å². The molecule has 186 valence electrons. The fraction of sp³-hybridized carbons (Fsp3) is 0.581. The molecule has 0 spiro atoms. The SMILES string of the molecule is C=C(C)C(=O)OCC(CO)CCCCC1CCC(CCc2ccc3cc(CC)ccc3c2)CC1. The van der Waals surface area contributed by atoms with Crippen molar-refractivity contribution in [2.45, 2.75) is 84.5 Å². The first-order chi connectivity index (χ1) is 16.5. The Balaban J connectivity index is 1.30. The average molecular weight is 465 g/mol. The topological polar surface area (TPSA) is 46.5 Å². The maximum Gasteiger partial charge on any atom is 0.333 e. The van der Waals surface area contributed by atoms with Crippen LogP contribution in [0.1, 0.15) is 82.8 Å². The normalized spacial score (nSPS) is 19.1. The number of fused-ring (bicyclic) bond motifs is 1. The van der Waals surface area contributed by atoms with Gasteiger partial charge in [0, 0.05) is 18.1 Å². The van der Waals surface area contributed by atoms with Crippen molar-refractivity contribution < 1.29 is 14.6 Å². The number of benzene rings is 2. The van der Waals surface area contributed by atoms with Crippen LogP contribution in [0.25, 0.3) is 10.8 Å². The van der Waals surface area contributed by atoms with E-state index in [1.807, 2.05) is 0 Å². The molecule has 2 aromatic carbocycles. The zero-order valence-electron chi connectivity index (χ0n) is 21.4. The number of hydrogen-bond acceptors (Lipinski definition) is 3. The van der Waals surface area contributed by atoms with Gasteiger partial charge in [-0.25, -0.2) is 4.79 Å². The van der Waals surface area contributed by atoms with E-state index in [2.05, 4.69) is 49.9 Å². The third-order valence-corrected chi connectivity index (χ3v) is 7.72. The zero-order chi connectivity index (χ0) is 24.3. The van der Waals surface area contributed by atoms with Crippen molar-refractivity contribution in [3.8, 4) is 0 Å². The Labute approximate surface area is 206 Å². The van der Waals surface area contributed by atoms with Crippen molar-refractivity contribution >= 4 is 16.7 Å². The molecule has 1 aliphatic carbocycles. The summed E-state index contributed by atoms with van der Waals surface area (Å²) >= 11 is 0. The van der Waals surface area contributed by atoms with Crippen LogP contribution in [0, 0.1) is 17.8 Å². The van der Waals surface area contributed by atoms with Crippen molar-refractivity contribution in [2.75, 3.05) is 13.2 Å². The number of unbranched alkanes of at least 4 members (excludes halogenated alkanes) is 1. The second kappa shape index (κ2) is 13.7. The van der Waals surface area contributed by atoms with E-state index in [0.29, 0.717) is 12.2 Å². The molecule has 0 amide bonds. The Morgan fingerprint density at radius 3 is 2.24 bits per heavy atom. The number of carbonyl (C=O) groups is 1. The van der Waals surface area contributed by atoms with Crippen molar-refractivity contribution in [1.82, 2.24) is 0 Å². The van der Waals surface area contributed by atoms with Crippen molar-refractivity contribution in [1.29, 1.82) is 0 Å². The molecule has 2 aromatic rings. The maximum absolute atomic E-state index is 11.5. The molecule has 1 saturated carbocycles. The molecule has 3 heteroatoms. The second-order valence-corrected chi connectivity index (χ2v) is 10.5. The van der Waals surface area contributed by atoms with Crippen LogP contribution < -0.4 is 0 Å². The minimum atomic E-state index is -0.360. The van der Waals surface area contributed by atoms with Crippen LogP contribution in [-0.2, 0) is 22.4 Å². The quantitative estimate of drug-likeness (QED) is 0.190. The number of ether oxygens (including phenoxy) is 1. The van der Waals surface area contributed by atoms with Crippen LogP contribution in [0.2, 0.25) is 0 Å². The number of rotatable bonds is 13. The summed E-state index contributed by atoms with van der Waals surface area (Å²) in [6, 6.07) is 13.9. The largest absolute Gasteiger partial charge is 0.462 e. The Kier molecular flexibility index (Phi) is 10.7. The molecule has 0 radical (unpaired) electrons. The molecule has 1 fully saturated rings. The van der Waals surface area contributed by atoms with Crippen LogP contribution in [0.5, 0.6) is 0 Å². The van der Waals surface area contributed by atoms with E-state index in [0.717, 1.165) is 31.1 Å². The fourth-order valence-corrected chi connectivity index (χ4v) is 5.31. The van der Waals surface area contributed by atoms with E-state index in [4.69, 9.17) is 4.74 Å². The number of carbonyl (C=O) groups excluding carboxylic acids is 1. The fourth-order valence-electron chi connectivity index (χ4n) is 5.31. The zero-order valence-corrected chi connectivity index (χ0v) is 21.4. The van der Waals surface area contributed by atoms with Gasteiger partial charge in [0.25, 0.3) is 0 Å². The Bertz CT molecular complexity index is 923. The van der Waals surface area contributed by atoms with Crippen molar-refractivity contribution in [3.63, 3.8) is 0 Å². The first kappa shape index (κ1) is 26.5. The summed E-state index contributed by atoms with van der Waals surface area (Å²) in [4.78, 5) is 11.5. The highest BCUT2D eigenvalue weighted by molar-refractivity contribution is 5.87. The highest BCUT2D eigenvalue weighted by Gasteiger charge is 2.21. The van der Waals surface area contributed by atoms with Gasteiger partial charge in [0.05, 0.1) is 6.61 Å². The van der Waals surface area contributed by atoms with Gasteiger partial charge in [0.2, 0.25) is 0 Å². The summed E-state index contributed by atoms with van der Waals surface area (Å²) in [5, 5.41) is 12.3. The molecule has 34 heavy (non-hydrogen) atoms. The number of aliphatic hydroxyl groups excluding tert-OH is 1. The van der Waals surface area contributed by atoms with Gasteiger partial charge >= 0.3 is 5.97 Å². The number of hydrogen-bond donors (Lipinski definition) is 1. The molecule has 3 nitrogen and oxygen atoms in total.